The molecular weight excluding hydrogens is 244 g/mol. The fourth-order valence-electron chi connectivity index (χ4n) is 2.48. The molecule has 0 aromatic heterocycles. The van der Waals surface area contributed by atoms with E-state index in [1.165, 1.54) is 70.6 Å². The molecule has 0 saturated heterocycles. The van der Waals surface area contributed by atoms with Crippen molar-refractivity contribution in [1.82, 2.24) is 0 Å². The number of unbranched alkanes of at least 4 members (excludes halogenated alkanes) is 9. The minimum absolute atomic E-state index is 0.322. The molecule has 0 spiro atoms. The van der Waals surface area contributed by atoms with Gasteiger partial charge in [-0.05, 0) is 45.1 Å². The van der Waals surface area contributed by atoms with Crippen LogP contribution < -0.4 is 11.5 Å². The third-order valence-electron chi connectivity index (χ3n) is 3.87. The van der Waals surface area contributed by atoms with Crippen LogP contribution in [0.4, 0.5) is 0 Å². The van der Waals surface area contributed by atoms with E-state index in [9.17, 15) is 0 Å². The van der Waals surface area contributed by atoms with Crippen LogP contribution in [-0.2, 0) is 0 Å². The number of hydrogen-bond acceptors (Lipinski definition) is 2. The van der Waals surface area contributed by atoms with Gasteiger partial charge in [-0.3, -0.25) is 0 Å². The van der Waals surface area contributed by atoms with Crippen LogP contribution in [0.15, 0.2) is 12.2 Å². The third-order valence-corrected chi connectivity index (χ3v) is 3.87. The summed E-state index contributed by atoms with van der Waals surface area (Å²) in [6.07, 6.45) is 21.6. The van der Waals surface area contributed by atoms with Crippen molar-refractivity contribution < 1.29 is 0 Å². The Morgan fingerprint density at radius 2 is 1.30 bits per heavy atom. The SMILES string of the molecule is CCCCCCCC/C=C\CCCCCC(N)CCN. The zero-order valence-corrected chi connectivity index (χ0v) is 13.8. The van der Waals surface area contributed by atoms with Crippen LogP contribution in [0.1, 0.15) is 90.4 Å². The minimum atomic E-state index is 0.322. The van der Waals surface area contributed by atoms with Gasteiger partial charge < -0.3 is 11.5 Å². The molecule has 2 nitrogen and oxygen atoms in total. The van der Waals surface area contributed by atoms with Crippen LogP contribution >= 0.6 is 0 Å². The Balaban J connectivity index is 3.12. The Kier molecular flexibility index (Phi) is 16.4. The highest BCUT2D eigenvalue weighted by Gasteiger charge is 1.99. The summed E-state index contributed by atoms with van der Waals surface area (Å²) in [5, 5.41) is 0. The highest BCUT2D eigenvalue weighted by molar-refractivity contribution is 4.81. The van der Waals surface area contributed by atoms with Crippen LogP contribution in [-0.4, -0.2) is 12.6 Å². The van der Waals surface area contributed by atoms with Crippen LogP contribution in [0, 0.1) is 0 Å². The van der Waals surface area contributed by atoms with Crippen LogP contribution in [0.5, 0.6) is 0 Å². The van der Waals surface area contributed by atoms with Gasteiger partial charge in [0.25, 0.3) is 0 Å². The van der Waals surface area contributed by atoms with E-state index >= 15 is 0 Å². The molecule has 0 fully saturated rings. The van der Waals surface area contributed by atoms with Crippen molar-refractivity contribution in [1.29, 1.82) is 0 Å². The fraction of sp³-hybridized carbons (Fsp3) is 0.889. The summed E-state index contributed by atoms with van der Waals surface area (Å²) in [6, 6.07) is 0.322. The normalized spacial score (nSPS) is 13.2. The third kappa shape index (κ3) is 15.7. The predicted molar refractivity (Wildman–Crippen MR) is 91.9 cm³/mol. The molecule has 1 atom stereocenters. The Morgan fingerprint density at radius 3 is 1.90 bits per heavy atom. The molecule has 0 aliphatic heterocycles. The van der Waals surface area contributed by atoms with Crippen molar-refractivity contribution in [3.63, 3.8) is 0 Å². The zero-order valence-electron chi connectivity index (χ0n) is 13.8. The maximum Gasteiger partial charge on any atom is 0.00508 e. The predicted octanol–water partition coefficient (Wildman–Crippen LogP) is 4.92. The largest absolute Gasteiger partial charge is 0.330 e. The van der Waals surface area contributed by atoms with E-state index in [1.54, 1.807) is 0 Å². The molecule has 0 saturated carbocycles. The van der Waals surface area contributed by atoms with Crippen molar-refractivity contribution >= 4 is 0 Å². The topological polar surface area (TPSA) is 52.0 Å². The summed E-state index contributed by atoms with van der Waals surface area (Å²) in [5.74, 6) is 0. The average Bonchev–Trinajstić information content (AvgIpc) is 2.44. The number of hydrogen-bond donors (Lipinski definition) is 2. The molecule has 0 heterocycles. The first-order valence-corrected chi connectivity index (χ1v) is 8.92. The maximum atomic E-state index is 5.93. The molecule has 0 rings (SSSR count). The van der Waals surface area contributed by atoms with Gasteiger partial charge in [0.1, 0.15) is 0 Å². The van der Waals surface area contributed by atoms with Crippen LogP contribution in [0.2, 0.25) is 0 Å². The molecule has 120 valence electrons. The van der Waals surface area contributed by atoms with E-state index in [1.807, 2.05) is 0 Å². The first kappa shape index (κ1) is 19.7. The summed E-state index contributed by atoms with van der Waals surface area (Å²) in [4.78, 5) is 0. The minimum Gasteiger partial charge on any atom is -0.330 e. The molecule has 2 heteroatoms. The second kappa shape index (κ2) is 16.7. The highest BCUT2D eigenvalue weighted by atomic mass is 14.6. The Labute approximate surface area is 127 Å². The van der Waals surface area contributed by atoms with Gasteiger partial charge >= 0.3 is 0 Å². The van der Waals surface area contributed by atoms with Crippen LogP contribution in [0.3, 0.4) is 0 Å². The van der Waals surface area contributed by atoms with E-state index in [2.05, 4.69) is 19.1 Å². The van der Waals surface area contributed by atoms with E-state index in [0.717, 1.165) is 19.4 Å². The van der Waals surface area contributed by atoms with Gasteiger partial charge in [0.05, 0.1) is 0 Å². The van der Waals surface area contributed by atoms with E-state index in [4.69, 9.17) is 11.5 Å². The first-order valence-electron chi connectivity index (χ1n) is 8.92. The molecule has 1 unspecified atom stereocenters. The van der Waals surface area contributed by atoms with Crippen molar-refractivity contribution in [2.75, 3.05) is 6.54 Å². The van der Waals surface area contributed by atoms with Gasteiger partial charge in [-0.1, -0.05) is 64.0 Å². The molecule has 0 aliphatic carbocycles. The molecular formula is C18H38N2. The summed E-state index contributed by atoms with van der Waals surface area (Å²) in [7, 11) is 0. The van der Waals surface area contributed by atoms with Crippen LogP contribution in [0.25, 0.3) is 0 Å². The second-order valence-electron chi connectivity index (χ2n) is 6.00. The summed E-state index contributed by atoms with van der Waals surface area (Å²) >= 11 is 0. The average molecular weight is 283 g/mol. The fourth-order valence-corrected chi connectivity index (χ4v) is 2.48. The molecule has 0 aliphatic rings. The van der Waals surface area contributed by atoms with Crippen molar-refractivity contribution in [2.24, 2.45) is 11.5 Å². The molecule has 0 aromatic rings. The maximum absolute atomic E-state index is 5.93. The molecule has 0 bridgehead atoms. The Morgan fingerprint density at radius 1 is 0.750 bits per heavy atom. The summed E-state index contributed by atoms with van der Waals surface area (Å²) < 4.78 is 0. The zero-order chi connectivity index (χ0) is 14.9. The second-order valence-corrected chi connectivity index (χ2v) is 6.00. The summed E-state index contributed by atoms with van der Waals surface area (Å²) in [6.45, 7) is 3.00. The lowest BCUT2D eigenvalue weighted by Crippen LogP contribution is -2.23. The first-order chi connectivity index (χ1) is 9.81. The molecule has 0 radical (unpaired) electrons. The number of nitrogens with two attached hydrogens (primary N) is 2. The quantitative estimate of drug-likeness (QED) is 0.331. The van der Waals surface area contributed by atoms with Crippen molar-refractivity contribution in [3.8, 4) is 0 Å². The van der Waals surface area contributed by atoms with E-state index in [-0.39, 0.29) is 0 Å². The van der Waals surface area contributed by atoms with Crippen molar-refractivity contribution in [2.45, 2.75) is 96.4 Å². The standard InChI is InChI=1S/C18H38N2/c1-2-3-4-5-6-7-8-9-10-11-12-13-14-15-18(20)16-17-19/h9-10,18H,2-8,11-17,19-20H2,1H3/b10-9-. The molecule has 20 heavy (non-hydrogen) atoms. The van der Waals surface area contributed by atoms with E-state index < -0.39 is 0 Å². The lowest BCUT2D eigenvalue weighted by atomic mass is 10.1. The Hall–Kier alpha value is -0.340. The molecule has 0 aromatic carbocycles. The summed E-state index contributed by atoms with van der Waals surface area (Å²) in [5.41, 5.74) is 11.4. The molecule has 4 N–H and O–H groups in total. The van der Waals surface area contributed by atoms with Crippen molar-refractivity contribution in [3.05, 3.63) is 12.2 Å². The smallest absolute Gasteiger partial charge is 0.00508 e. The van der Waals surface area contributed by atoms with Gasteiger partial charge in [-0.2, -0.15) is 0 Å². The van der Waals surface area contributed by atoms with E-state index in [0.29, 0.717) is 6.04 Å². The number of rotatable bonds is 15. The Bertz CT molecular complexity index is 202. The monoisotopic (exact) mass is 282 g/mol. The van der Waals surface area contributed by atoms with Gasteiger partial charge in [0, 0.05) is 6.04 Å². The highest BCUT2D eigenvalue weighted by Crippen LogP contribution is 2.09. The number of allylic oxidation sites excluding steroid dienone is 2. The van der Waals surface area contributed by atoms with Gasteiger partial charge in [0.2, 0.25) is 0 Å². The van der Waals surface area contributed by atoms with Gasteiger partial charge in [-0.25, -0.2) is 0 Å². The van der Waals surface area contributed by atoms with Gasteiger partial charge in [0.15, 0.2) is 0 Å². The lowest BCUT2D eigenvalue weighted by molar-refractivity contribution is 0.529. The van der Waals surface area contributed by atoms with Gasteiger partial charge in [-0.15, -0.1) is 0 Å². The lowest BCUT2D eigenvalue weighted by Gasteiger charge is -2.08. The molecule has 0 amide bonds.